The van der Waals surface area contributed by atoms with Gasteiger partial charge in [-0.15, -0.1) is 0 Å². The van der Waals surface area contributed by atoms with Crippen molar-refractivity contribution in [2.75, 3.05) is 19.1 Å². The van der Waals surface area contributed by atoms with Crippen LogP contribution in [0.4, 0.5) is 0 Å². The number of methoxy groups -OCH3 is 1. The van der Waals surface area contributed by atoms with Crippen LogP contribution in [0, 0.1) is 6.92 Å². The Bertz CT molecular complexity index is 783. The number of esters is 2. The molecule has 1 heterocycles. The van der Waals surface area contributed by atoms with Crippen LogP contribution in [0.5, 0.6) is 0 Å². The van der Waals surface area contributed by atoms with E-state index in [1.165, 1.54) is 0 Å². The Labute approximate surface area is 161 Å². The Kier molecular flexibility index (Phi) is 8.29. The summed E-state index contributed by atoms with van der Waals surface area (Å²) in [5.74, 6) is -3.86. The Morgan fingerprint density at radius 1 is 1.07 bits per heavy atom. The van der Waals surface area contributed by atoms with Crippen LogP contribution >= 0.6 is 0 Å². The van der Waals surface area contributed by atoms with Crippen LogP contribution in [0.3, 0.4) is 0 Å². The number of nitrogens with zero attached hydrogens (tertiary/aromatic N) is 2. The van der Waals surface area contributed by atoms with Crippen LogP contribution in [0.25, 0.3) is 0 Å². The van der Waals surface area contributed by atoms with Crippen LogP contribution in [0.2, 0.25) is 0 Å². The summed E-state index contributed by atoms with van der Waals surface area (Å²) in [4.78, 5) is 63.0. The molecule has 0 aliphatic carbocycles. The largest absolute Gasteiger partial charge is 0.469 e. The standard InChI is InChI=1S/C17H24N4O7/c1-6-28-17(26)16-15(9(2)3)18-10(4)21(16)20-13(24)7-11(22)19-12(23)8-14(25)27-5/h9H,6-8H2,1-5H3,(H,20,24)(H,19,22,23). The second kappa shape index (κ2) is 10.2. The molecule has 0 bridgehead atoms. The molecule has 1 aromatic heterocycles. The summed E-state index contributed by atoms with van der Waals surface area (Å²) in [6.45, 7) is 7.02. The van der Waals surface area contributed by atoms with Gasteiger partial charge in [-0.25, -0.2) is 14.5 Å². The van der Waals surface area contributed by atoms with E-state index in [1.807, 2.05) is 19.2 Å². The fraction of sp³-hybridized carbons (Fsp3) is 0.529. The Balaban J connectivity index is 2.88. The van der Waals surface area contributed by atoms with Gasteiger partial charge in [0.2, 0.25) is 17.7 Å². The van der Waals surface area contributed by atoms with Gasteiger partial charge in [0.15, 0.2) is 5.69 Å². The minimum atomic E-state index is -0.911. The summed E-state index contributed by atoms with van der Waals surface area (Å²) in [7, 11) is 1.10. The number of amides is 3. The summed E-state index contributed by atoms with van der Waals surface area (Å²) >= 11 is 0. The van der Waals surface area contributed by atoms with Crippen LogP contribution in [0.15, 0.2) is 0 Å². The SMILES string of the molecule is CCOC(=O)c1c(C(C)C)nc(C)n1NC(=O)CC(=O)NC(=O)CC(=O)OC. The highest BCUT2D eigenvalue weighted by molar-refractivity contribution is 6.08. The lowest BCUT2D eigenvalue weighted by Crippen LogP contribution is -2.36. The summed E-state index contributed by atoms with van der Waals surface area (Å²) in [6, 6.07) is 0. The van der Waals surface area contributed by atoms with E-state index in [2.05, 4.69) is 15.1 Å². The van der Waals surface area contributed by atoms with Gasteiger partial charge < -0.3 is 9.47 Å². The van der Waals surface area contributed by atoms with E-state index in [1.54, 1.807) is 13.8 Å². The zero-order valence-electron chi connectivity index (χ0n) is 16.5. The molecule has 0 saturated heterocycles. The molecule has 0 radical (unpaired) electrons. The van der Waals surface area contributed by atoms with Crippen molar-refractivity contribution in [2.45, 2.75) is 46.5 Å². The second-order valence-electron chi connectivity index (χ2n) is 6.04. The third-order valence-electron chi connectivity index (χ3n) is 3.46. The third-order valence-corrected chi connectivity index (χ3v) is 3.46. The fourth-order valence-electron chi connectivity index (χ4n) is 2.25. The topological polar surface area (TPSA) is 146 Å². The van der Waals surface area contributed by atoms with E-state index in [0.717, 1.165) is 11.8 Å². The zero-order chi connectivity index (χ0) is 21.4. The molecule has 154 valence electrons. The van der Waals surface area contributed by atoms with E-state index in [9.17, 15) is 24.0 Å². The van der Waals surface area contributed by atoms with Gasteiger partial charge in [-0.2, -0.15) is 0 Å². The fourth-order valence-corrected chi connectivity index (χ4v) is 2.25. The van der Waals surface area contributed by atoms with Gasteiger partial charge in [0.05, 0.1) is 19.4 Å². The molecular formula is C17H24N4O7. The molecule has 0 aliphatic heterocycles. The quantitative estimate of drug-likeness (QED) is 0.467. The lowest BCUT2D eigenvalue weighted by molar-refractivity contribution is -0.144. The van der Waals surface area contributed by atoms with Gasteiger partial charge in [0.1, 0.15) is 18.7 Å². The van der Waals surface area contributed by atoms with Crippen molar-refractivity contribution in [3.63, 3.8) is 0 Å². The van der Waals surface area contributed by atoms with E-state index in [0.29, 0.717) is 11.5 Å². The lowest BCUT2D eigenvalue weighted by Gasteiger charge is -2.12. The molecule has 2 N–H and O–H groups in total. The number of aromatic nitrogens is 2. The maximum absolute atomic E-state index is 12.3. The average Bonchev–Trinajstić information content (AvgIpc) is 2.91. The molecule has 28 heavy (non-hydrogen) atoms. The van der Waals surface area contributed by atoms with Crippen molar-refractivity contribution in [2.24, 2.45) is 0 Å². The van der Waals surface area contributed by atoms with E-state index in [4.69, 9.17) is 4.74 Å². The minimum absolute atomic E-state index is 0.0601. The number of imidazole rings is 1. The van der Waals surface area contributed by atoms with E-state index in [-0.39, 0.29) is 18.2 Å². The molecular weight excluding hydrogens is 372 g/mol. The number of aryl methyl sites for hydroxylation is 1. The van der Waals surface area contributed by atoms with Crippen molar-refractivity contribution < 1.29 is 33.4 Å². The first-order valence-electron chi connectivity index (χ1n) is 8.56. The van der Waals surface area contributed by atoms with Crippen LogP contribution < -0.4 is 10.7 Å². The lowest BCUT2D eigenvalue weighted by atomic mass is 10.1. The number of carbonyl (C=O) groups is 5. The first-order valence-corrected chi connectivity index (χ1v) is 8.56. The second-order valence-corrected chi connectivity index (χ2v) is 6.04. The van der Waals surface area contributed by atoms with Crippen LogP contribution in [-0.2, 0) is 28.7 Å². The highest BCUT2D eigenvalue weighted by atomic mass is 16.5. The molecule has 0 fully saturated rings. The highest BCUT2D eigenvalue weighted by Gasteiger charge is 2.26. The molecule has 0 unspecified atom stereocenters. The summed E-state index contributed by atoms with van der Waals surface area (Å²) in [5, 5.41) is 1.90. The number of imide groups is 1. The van der Waals surface area contributed by atoms with Crippen molar-refractivity contribution >= 4 is 29.7 Å². The van der Waals surface area contributed by atoms with Gasteiger partial charge in [-0.05, 0) is 19.8 Å². The number of hydrogen-bond donors (Lipinski definition) is 2. The maximum Gasteiger partial charge on any atom is 0.358 e. The van der Waals surface area contributed by atoms with Gasteiger partial charge >= 0.3 is 11.9 Å². The number of hydrogen-bond acceptors (Lipinski definition) is 8. The maximum atomic E-state index is 12.3. The Morgan fingerprint density at radius 2 is 1.68 bits per heavy atom. The summed E-state index contributed by atoms with van der Waals surface area (Å²) in [6.07, 6.45) is -1.35. The van der Waals surface area contributed by atoms with Gasteiger partial charge in [-0.1, -0.05) is 13.8 Å². The number of nitrogens with one attached hydrogen (secondary N) is 2. The smallest absolute Gasteiger partial charge is 0.358 e. The molecule has 1 aromatic rings. The molecule has 0 aliphatic rings. The summed E-state index contributed by atoms with van der Waals surface area (Å²) < 4.78 is 10.5. The summed E-state index contributed by atoms with van der Waals surface area (Å²) in [5.41, 5.74) is 2.90. The highest BCUT2D eigenvalue weighted by Crippen LogP contribution is 2.20. The molecule has 0 atom stereocenters. The first-order chi connectivity index (χ1) is 13.1. The average molecular weight is 396 g/mol. The minimum Gasteiger partial charge on any atom is -0.469 e. The van der Waals surface area contributed by atoms with E-state index >= 15 is 0 Å². The van der Waals surface area contributed by atoms with Crippen molar-refractivity contribution in [1.82, 2.24) is 15.0 Å². The number of ether oxygens (including phenoxy) is 2. The number of carbonyl (C=O) groups excluding carboxylic acids is 5. The third kappa shape index (κ3) is 6.18. The molecule has 0 saturated carbocycles. The van der Waals surface area contributed by atoms with Crippen molar-refractivity contribution in [3.05, 3.63) is 17.2 Å². The Morgan fingerprint density at radius 3 is 2.21 bits per heavy atom. The van der Waals surface area contributed by atoms with Crippen LogP contribution in [0.1, 0.15) is 61.5 Å². The molecule has 3 amide bonds. The van der Waals surface area contributed by atoms with Gasteiger partial charge in [0.25, 0.3) is 0 Å². The predicted molar refractivity (Wildman–Crippen MR) is 95.8 cm³/mol. The molecule has 0 aromatic carbocycles. The zero-order valence-corrected chi connectivity index (χ0v) is 16.5. The van der Waals surface area contributed by atoms with E-state index < -0.39 is 42.5 Å². The number of rotatable bonds is 8. The first kappa shape index (κ1) is 22.8. The molecule has 1 rings (SSSR count). The van der Waals surface area contributed by atoms with Crippen molar-refractivity contribution in [3.8, 4) is 0 Å². The predicted octanol–water partition coefficient (Wildman–Crippen LogP) is 0.158. The molecule has 0 spiro atoms. The monoisotopic (exact) mass is 396 g/mol. The van der Waals surface area contributed by atoms with Crippen LogP contribution in [-0.4, -0.2) is 53.0 Å². The molecule has 11 nitrogen and oxygen atoms in total. The van der Waals surface area contributed by atoms with Crippen molar-refractivity contribution in [1.29, 1.82) is 0 Å². The Hall–Kier alpha value is -3.24. The molecule has 11 heteroatoms. The van der Waals surface area contributed by atoms with Gasteiger partial charge in [-0.3, -0.25) is 29.9 Å². The normalized spacial score (nSPS) is 10.4. The van der Waals surface area contributed by atoms with Gasteiger partial charge in [0, 0.05) is 0 Å².